The molecular weight excluding hydrogens is 448 g/mol. The van der Waals surface area contributed by atoms with E-state index in [9.17, 15) is 19.3 Å². The fourth-order valence-electron chi connectivity index (χ4n) is 2.43. The number of aromatic nitrogens is 1. The first kappa shape index (κ1) is 19.6. The summed E-state index contributed by atoms with van der Waals surface area (Å²) in [7, 11) is 0. The van der Waals surface area contributed by atoms with E-state index in [1.165, 1.54) is 0 Å². The smallest absolute Gasteiger partial charge is 0.410 e. The van der Waals surface area contributed by atoms with Crippen molar-refractivity contribution in [1.82, 2.24) is 9.88 Å². The second kappa shape index (κ2) is 7.67. The number of pyridine rings is 1. The molecule has 0 spiro atoms. The summed E-state index contributed by atoms with van der Waals surface area (Å²) in [5.74, 6) is -1.77. The molecular formula is C15H19FIN3O5. The summed E-state index contributed by atoms with van der Waals surface area (Å²) in [5.41, 5.74) is -0.602. The van der Waals surface area contributed by atoms with Gasteiger partial charge in [-0.25, -0.2) is 4.79 Å². The Morgan fingerprint density at radius 1 is 1.56 bits per heavy atom. The summed E-state index contributed by atoms with van der Waals surface area (Å²) in [6, 6.07) is 0.888. The summed E-state index contributed by atoms with van der Waals surface area (Å²) in [5, 5.41) is 10.7. The van der Waals surface area contributed by atoms with Gasteiger partial charge in [0.2, 0.25) is 5.75 Å². The van der Waals surface area contributed by atoms with Crippen LogP contribution < -0.4 is 4.74 Å². The van der Waals surface area contributed by atoms with Crippen molar-refractivity contribution in [1.29, 1.82) is 0 Å². The Labute approximate surface area is 158 Å². The van der Waals surface area contributed by atoms with Crippen molar-refractivity contribution in [3.05, 3.63) is 25.7 Å². The Hall–Kier alpha value is -1.72. The summed E-state index contributed by atoms with van der Waals surface area (Å²) >= 11 is 1.75. The highest BCUT2D eigenvalue weighted by molar-refractivity contribution is 14.1. The quantitative estimate of drug-likeness (QED) is 0.291. The Morgan fingerprint density at radius 2 is 2.24 bits per heavy atom. The van der Waals surface area contributed by atoms with E-state index in [2.05, 4.69) is 4.98 Å². The zero-order valence-corrected chi connectivity index (χ0v) is 16.3. The van der Waals surface area contributed by atoms with Crippen molar-refractivity contribution in [2.24, 2.45) is 0 Å². The third-order valence-electron chi connectivity index (χ3n) is 3.49. The molecule has 0 bridgehead atoms. The Bertz CT molecular complexity index is 657. The highest BCUT2D eigenvalue weighted by atomic mass is 127. The molecule has 25 heavy (non-hydrogen) atoms. The first-order valence-corrected chi connectivity index (χ1v) is 8.79. The fraction of sp³-hybridized carbons (Fsp3) is 0.600. The number of likely N-dealkylation sites (tertiary alicyclic amines) is 1. The van der Waals surface area contributed by atoms with Crippen LogP contribution in [-0.2, 0) is 4.74 Å². The van der Waals surface area contributed by atoms with E-state index in [-0.39, 0.29) is 22.0 Å². The minimum absolute atomic E-state index is 0.0612. The first-order chi connectivity index (χ1) is 11.6. The van der Waals surface area contributed by atoms with Crippen LogP contribution in [-0.4, -0.2) is 45.7 Å². The third-order valence-corrected chi connectivity index (χ3v) is 4.29. The summed E-state index contributed by atoms with van der Waals surface area (Å²) in [4.78, 5) is 27.0. The van der Waals surface area contributed by atoms with Crippen LogP contribution in [0.15, 0.2) is 6.07 Å². The predicted octanol–water partition coefficient (Wildman–Crippen LogP) is 3.51. The van der Waals surface area contributed by atoms with Gasteiger partial charge in [-0.2, -0.15) is 4.39 Å². The number of ether oxygens (including phenoxy) is 2. The van der Waals surface area contributed by atoms with Crippen LogP contribution in [0, 0.1) is 19.6 Å². The van der Waals surface area contributed by atoms with Crippen LogP contribution in [0.4, 0.5) is 15.0 Å². The normalized spacial score (nSPS) is 17.5. The van der Waals surface area contributed by atoms with Crippen molar-refractivity contribution in [3.63, 3.8) is 0 Å². The number of nitro groups is 1. The van der Waals surface area contributed by atoms with Gasteiger partial charge in [0.1, 0.15) is 12.2 Å². The van der Waals surface area contributed by atoms with Crippen molar-refractivity contribution in [2.75, 3.05) is 13.2 Å². The molecule has 0 N–H and O–H groups in total. The molecule has 0 aromatic carbocycles. The minimum Gasteiger partial charge on any atom is -0.484 e. The average Bonchev–Trinajstić information content (AvgIpc) is 2.92. The van der Waals surface area contributed by atoms with Gasteiger partial charge in [-0.15, -0.1) is 0 Å². The molecule has 1 aromatic heterocycles. The lowest BCUT2D eigenvalue weighted by atomic mass is 10.2. The van der Waals surface area contributed by atoms with E-state index in [4.69, 9.17) is 9.47 Å². The van der Waals surface area contributed by atoms with Gasteiger partial charge in [0, 0.05) is 6.54 Å². The van der Waals surface area contributed by atoms with E-state index in [1.54, 1.807) is 48.3 Å². The van der Waals surface area contributed by atoms with Crippen molar-refractivity contribution in [2.45, 2.75) is 45.3 Å². The van der Waals surface area contributed by atoms with Gasteiger partial charge in [-0.1, -0.05) is 0 Å². The van der Waals surface area contributed by atoms with Crippen LogP contribution in [0.5, 0.6) is 5.75 Å². The van der Waals surface area contributed by atoms with Gasteiger partial charge < -0.3 is 24.5 Å². The van der Waals surface area contributed by atoms with Crippen LogP contribution in [0.3, 0.4) is 0 Å². The maximum Gasteiger partial charge on any atom is 0.410 e. The van der Waals surface area contributed by atoms with Crippen LogP contribution in [0.1, 0.15) is 33.6 Å². The highest BCUT2D eigenvalue weighted by Crippen LogP contribution is 2.28. The molecule has 0 saturated carbocycles. The van der Waals surface area contributed by atoms with Gasteiger partial charge in [-0.3, -0.25) is 0 Å². The largest absolute Gasteiger partial charge is 0.484 e. The summed E-state index contributed by atoms with van der Waals surface area (Å²) in [6.45, 7) is 5.96. The average molecular weight is 467 g/mol. The summed E-state index contributed by atoms with van der Waals surface area (Å²) < 4.78 is 25.1. The second-order valence-corrected chi connectivity index (χ2v) is 7.78. The number of carbonyl (C=O) groups excluding carboxylic acids is 1. The lowest BCUT2D eigenvalue weighted by Gasteiger charge is -2.28. The predicted molar refractivity (Wildman–Crippen MR) is 95.0 cm³/mol. The highest BCUT2D eigenvalue weighted by Gasteiger charge is 2.33. The fourth-order valence-corrected chi connectivity index (χ4v) is 3.09. The first-order valence-electron chi connectivity index (χ1n) is 7.71. The van der Waals surface area contributed by atoms with E-state index in [0.29, 0.717) is 13.0 Å². The molecule has 2 rings (SSSR count). The molecule has 0 aliphatic carbocycles. The number of halogens is 2. The number of hydrogen-bond donors (Lipinski definition) is 0. The zero-order valence-electron chi connectivity index (χ0n) is 14.1. The van der Waals surface area contributed by atoms with E-state index in [1.807, 2.05) is 0 Å². The van der Waals surface area contributed by atoms with E-state index >= 15 is 0 Å². The van der Waals surface area contributed by atoms with Crippen LogP contribution in [0.25, 0.3) is 0 Å². The van der Waals surface area contributed by atoms with Crippen molar-refractivity contribution in [3.8, 4) is 5.75 Å². The maximum atomic E-state index is 14.0. The van der Waals surface area contributed by atoms with Crippen LogP contribution in [0.2, 0.25) is 0 Å². The standard InChI is InChI=1S/C15H19FIN3O5/c1-15(2,3)25-14(21)19-6-4-5-9(19)8-24-12-10(17)7-11(20(22)23)18-13(12)16/h7,9H,4-6,8H2,1-3H3/t9-/m0/s1. The number of rotatable bonds is 4. The minimum atomic E-state index is -1.04. The second-order valence-electron chi connectivity index (χ2n) is 6.62. The number of amides is 1. The lowest BCUT2D eigenvalue weighted by molar-refractivity contribution is -0.390. The molecule has 1 aliphatic rings. The van der Waals surface area contributed by atoms with Gasteiger partial charge in [-0.05, 0) is 66.1 Å². The van der Waals surface area contributed by atoms with Crippen LogP contribution >= 0.6 is 22.6 Å². The third kappa shape index (κ3) is 5.13. The van der Waals surface area contributed by atoms with Gasteiger partial charge in [0.05, 0.1) is 15.7 Å². The molecule has 1 aromatic rings. The van der Waals surface area contributed by atoms with Gasteiger partial charge >= 0.3 is 17.9 Å². The molecule has 1 amide bonds. The molecule has 0 radical (unpaired) electrons. The molecule has 1 fully saturated rings. The zero-order chi connectivity index (χ0) is 18.8. The van der Waals surface area contributed by atoms with E-state index in [0.717, 1.165) is 12.5 Å². The van der Waals surface area contributed by atoms with Gasteiger partial charge in [0.25, 0.3) is 0 Å². The molecule has 1 saturated heterocycles. The molecule has 138 valence electrons. The monoisotopic (exact) mass is 467 g/mol. The van der Waals surface area contributed by atoms with E-state index < -0.39 is 28.4 Å². The molecule has 10 heteroatoms. The molecule has 1 aliphatic heterocycles. The molecule has 2 heterocycles. The number of nitrogens with zero attached hydrogens (tertiary/aromatic N) is 3. The molecule has 0 unspecified atom stereocenters. The Kier molecular flexibility index (Phi) is 6.01. The SMILES string of the molecule is CC(C)(C)OC(=O)N1CCC[C@H]1COc1c(I)cc([N+](=O)[O-])nc1F. The lowest BCUT2D eigenvalue weighted by Crippen LogP contribution is -2.42. The Balaban J connectivity index is 2.05. The maximum absolute atomic E-state index is 14.0. The van der Waals surface area contributed by atoms with Gasteiger partial charge in [0.15, 0.2) is 0 Å². The Morgan fingerprint density at radius 3 is 2.80 bits per heavy atom. The molecule has 1 atom stereocenters. The number of hydrogen-bond acceptors (Lipinski definition) is 6. The summed E-state index contributed by atoms with van der Waals surface area (Å²) in [6.07, 6.45) is 1.07. The van der Waals surface area contributed by atoms with Crippen molar-refractivity contribution >= 4 is 34.5 Å². The van der Waals surface area contributed by atoms with Crippen molar-refractivity contribution < 1.29 is 23.6 Å². The topological polar surface area (TPSA) is 94.8 Å². The molecule has 8 nitrogen and oxygen atoms in total. The number of carbonyl (C=O) groups is 1.